The van der Waals surface area contributed by atoms with Crippen LogP contribution in [0.1, 0.15) is 13.3 Å². The highest BCUT2D eigenvalue weighted by Gasteiger charge is 2.15. The van der Waals surface area contributed by atoms with Gasteiger partial charge in [-0.1, -0.05) is 18.2 Å². The van der Waals surface area contributed by atoms with Gasteiger partial charge in [0.25, 0.3) is 0 Å². The largest absolute Gasteiger partial charge is 0.494 e. The molecule has 0 radical (unpaired) electrons. The molecule has 1 N–H and O–H groups in total. The minimum atomic E-state index is -0.400. The first-order valence-corrected chi connectivity index (χ1v) is 7.40. The Morgan fingerprint density at radius 3 is 2.62 bits per heavy atom. The highest BCUT2D eigenvalue weighted by molar-refractivity contribution is 6.05. The molecule has 1 heterocycles. The van der Waals surface area contributed by atoms with Gasteiger partial charge in [0.15, 0.2) is 5.58 Å². The minimum Gasteiger partial charge on any atom is -0.494 e. The number of aromatic nitrogens is 1. The summed E-state index contributed by atoms with van der Waals surface area (Å²) in [5.74, 6) is 0.328. The van der Waals surface area contributed by atoms with Crippen LogP contribution in [0.2, 0.25) is 0 Å². The fourth-order valence-electron chi connectivity index (χ4n) is 2.35. The van der Waals surface area contributed by atoms with Gasteiger partial charge in [-0.05, 0) is 19.1 Å². The number of Topliss-reactive ketones (excluding diaryl/α,β-unsaturated/α-hetero) is 1. The standard InChI is InChI=1S/C18H16N2O4/c1-11(21)8-17(22)19-13-10-16-14(9-15(13)23-2)20-18(24-16)12-6-4-3-5-7-12/h3-7,9-10H,8H2,1-2H3,(H,19,22). The lowest BCUT2D eigenvalue weighted by Gasteiger charge is -2.09. The van der Waals surface area contributed by atoms with Gasteiger partial charge in [-0.2, -0.15) is 0 Å². The lowest BCUT2D eigenvalue weighted by atomic mass is 10.2. The summed E-state index contributed by atoms with van der Waals surface area (Å²) in [6.07, 6.45) is -0.188. The van der Waals surface area contributed by atoms with Crippen LogP contribution < -0.4 is 10.1 Å². The molecule has 122 valence electrons. The number of amides is 1. The molecule has 0 aliphatic rings. The molecule has 0 spiro atoms. The number of ketones is 1. The predicted octanol–water partition coefficient (Wildman–Crippen LogP) is 3.42. The number of benzene rings is 2. The lowest BCUT2D eigenvalue weighted by Crippen LogP contribution is -2.15. The van der Waals surface area contributed by atoms with E-state index in [0.717, 1.165) is 5.56 Å². The van der Waals surface area contributed by atoms with Crippen molar-refractivity contribution in [2.75, 3.05) is 12.4 Å². The van der Waals surface area contributed by atoms with Crippen molar-refractivity contribution in [1.82, 2.24) is 4.98 Å². The third-order valence-corrected chi connectivity index (χ3v) is 3.41. The second kappa shape index (κ2) is 6.54. The van der Waals surface area contributed by atoms with E-state index in [9.17, 15) is 9.59 Å². The van der Waals surface area contributed by atoms with Crippen LogP contribution in [-0.4, -0.2) is 23.8 Å². The van der Waals surface area contributed by atoms with E-state index in [-0.39, 0.29) is 12.2 Å². The van der Waals surface area contributed by atoms with Gasteiger partial charge in [0.1, 0.15) is 17.0 Å². The van der Waals surface area contributed by atoms with E-state index >= 15 is 0 Å². The molecule has 3 aromatic rings. The summed E-state index contributed by atoms with van der Waals surface area (Å²) in [5.41, 5.74) is 2.44. The number of methoxy groups -OCH3 is 1. The molecule has 24 heavy (non-hydrogen) atoms. The van der Waals surface area contributed by atoms with Crippen LogP contribution in [0.15, 0.2) is 46.9 Å². The Bertz CT molecular complexity index is 900. The van der Waals surface area contributed by atoms with E-state index < -0.39 is 5.91 Å². The number of hydrogen-bond donors (Lipinski definition) is 1. The lowest BCUT2D eigenvalue weighted by molar-refractivity contribution is -0.124. The Kier molecular flexibility index (Phi) is 4.29. The monoisotopic (exact) mass is 324 g/mol. The molecule has 0 atom stereocenters. The van der Waals surface area contributed by atoms with Crippen molar-refractivity contribution >= 4 is 28.5 Å². The van der Waals surface area contributed by atoms with E-state index in [1.165, 1.54) is 14.0 Å². The highest BCUT2D eigenvalue weighted by atomic mass is 16.5. The summed E-state index contributed by atoms with van der Waals surface area (Å²) in [6, 6.07) is 12.9. The maximum absolute atomic E-state index is 11.8. The van der Waals surface area contributed by atoms with Crippen LogP contribution in [0.4, 0.5) is 5.69 Å². The molecule has 0 saturated carbocycles. The van der Waals surface area contributed by atoms with Crippen molar-refractivity contribution in [1.29, 1.82) is 0 Å². The fraction of sp³-hybridized carbons (Fsp3) is 0.167. The zero-order valence-corrected chi connectivity index (χ0v) is 13.3. The van der Waals surface area contributed by atoms with E-state index in [2.05, 4.69) is 10.3 Å². The van der Waals surface area contributed by atoms with E-state index in [1.807, 2.05) is 30.3 Å². The quantitative estimate of drug-likeness (QED) is 0.727. The maximum Gasteiger partial charge on any atom is 0.231 e. The van der Waals surface area contributed by atoms with Crippen molar-refractivity contribution in [3.63, 3.8) is 0 Å². The highest BCUT2D eigenvalue weighted by Crippen LogP contribution is 2.33. The maximum atomic E-state index is 11.8. The van der Waals surface area contributed by atoms with Gasteiger partial charge in [0.05, 0.1) is 19.2 Å². The molecule has 0 aliphatic carbocycles. The van der Waals surface area contributed by atoms with Crippen molar-refractivity contribution < 1.29 is 18.7 Å². The van der Waals surface area contributed by atoms with Gasteiger partial charge in [0.2, 0.25) is 11.8 Å². The summed E-state index contributed by atoms with van der Waals surface area (Å²) in [4.78, 5) is 27.3. The molecule has 2 aromatic carbocycles. The molecule has 3 rings (SSSR count). The van der Waals surface area contributed by atoms with Crippen molar-refractivity contribution in [2.24, 2.45) is 0 Å². The molecule has 0 unspecified atom stereocenters. The number of carbonyl (C=O) groups is 2. The van der Waals surface area contributed by atoms with Gasteiger partial charge in [-0.3, -0.25) is 9.59 Å². The summed E-state index contributed by atoms with van der Waals surface area (Å²) in [7, 11) is 1.50. The number of anilines is 1. The van der Waals surface area contributed by atoms with Crippen LogP contribution in [0.25, 0.3) is 22.6 Å². The smallest absolute Gasteiger partial charge is 0.231 e. The predicted molar refractivity (Wildman–Crippen MR) is 89.9 cm³/mol. The van der Waals surface area contributed by atoms with Crippen LogP contribution in [0.3, 0.4) is 0 Å². The van der Waals surface area contributed by atoms with E-state index in [0.29, 0.717) is 28.4 Å². The average Bonchev–Trinajstić information content (AvgIpc) is 2.97. The number of nitrogens with zero attached hydrogens (tertiary/aromatic N) is 1. The Morgan fingerprint density at radius 2 is 1.96 bits per heavy atom. The summed E-state index contributed by atoms with van der Waals surface area (Å²) in [6.45, 7) is 1.36. The third kappa shape index (κ3) is 3.27. The van der Waals surface area contributed by atoms with E-state index in [4.69, 9.17) is 9.15 Å². The minimum absolute atomic E-state index is 0.188. The Morgan fingerprint density at radius 1 is 1.21 bits per heavy atom. The van der Waals surface area contributed by atoms with Crippen LogP contribution in [-0.2, 0) is 9.59 Å². The Hall–Kier alpha value is -3.15. The molecule has 0 bridgehead atoms. The number of hydrogen-bond acceptors (Lipinski definition) is 5. The van der Waals surface area contributed by atoms with Gasteiger partial charge >= 0.3 is 0 Å². The normalized spacial score (nSPS) is 10.6. The van der Waals surface area contributed by atoms with Crippen molar-refractivity contribution in [2.45, 2.75) is 13.3 Å². The van der Waals surface area contributed by atoms with Gasteiger partial charge in [-0.15, -0.1) is 0 Å². The first-order valence-electron chi connectivity index (χ1n) is 7.40. The first kappa shape index (κ1) is 15.7. The number of nitrogens with one attached hydrogen (secondary N) is 1. The second-order valence-electron chi connectivity index (χ2n) is 5.33. The molecule has 0 saturated heterocycles. The van der Waals surface area contributed by atoms with Crippen molar-refractivity contribution in [3.8, 4) is 17.2 Å². The zero-order chi connectivity index (χ0) is 17.1. The Balaban J connectivity index is 1.98. The SMILES string of the molecule is COc1cc2nc(-c3ccccc3)oc2cc1NC(=O)CC(C)=O. The molecule has 1 amide bonds. The molecule has 1 aromatic heterocycles. The van der Waals surface area contributed by atoms with Gasteiger partial charge in [0, 0.05) is 17.7 Å². The Labute approximate surface area is 138 Å². The van der Waals surface area contributed by atoms with E-state index in [1.54, 1.807) is 12.1 Å². The number of ether oxygens (including phenoxy) is 1. The number of fused-ring (bicyclic) bond motifs is 1. The van der Waals surface area contributed by atoms with Crippen LogP contribution in [0.5, 0.6) is 5.75 Å². The number of rotatable bonds is 5. The third-order valence-electron chi connectivity index (χ3n) is 3.41. The summed E-state index contributed by atoms with van der Waals surface area (Å²) < 4.78 is 11.1. The average molecular weight is 324 g/mol. The number of oxazole rings is 1. The van der Waals surface area contributed by atoms with Crippen LogP contribution in [0, 0.1) is 0 Å². The summed E-state index contributed by atoms with van der Waals surface area (Å²) in [5, 5.41) is 2.66. The van der Waals surface area contributed by atoms with Crippen molar-refractivity contribution in [3.05, 3.63) is 42.5 Å². The molecule has 0 aliphatic heterocycles. The topological polar surface area (TPSA) is 81.4 Å². The second-order valence-corrected chi connectivity index (χ2v) is 5.33. The fourth-order valence-corrected chi connectivity index (χ4v) is 2.35. The van der Waals surface area contributed by atoms with Crippen LogP contribution >= 0.6 is 0 Å². The molecule has 6 nitrogen and oxygen atoms in total. The molecule has 0 fully saturated rings. The summed E-state index contributed by atoms with van der Waals surface area (Å²) >= 11 is 0. The molecule has 6 heteroatoms. The number of carbonyl (C=O) groups excluding carboxylic acids is 2. The first-order chi connectivity index (χ1) is 11.6. The van der Waals surface area contributed by atoms with Gasteiger partial charge in [-0.25, -0.2) is 4.98 Å². The molecular formula is C18H16N2O4. The molecular weight excluding hydrogens is 308 g/mol. The zero-order valence-electron chi connectivity index (χ0n) is 13.3. The van der Waals surface area contributed by atoms with Gasteiger partial charge < -0.3 is 14.5 Å².